The fourth-order valence-corrected chi connectivity index (χ4v) is 2.37. The number of aryl methyl sites for hydroxylation is 1. The molecule has 3 aromatic rings. The van der Waals surface area contributed by atoms with Crippen molar-refractivity contribution in [1.82, 2.24) is 19.5 Å². The summed E-state index contributed by atoms with van der Waals surface area (Å²) in [6.07, 6.45) is 6.47. The third kappa shape index (κ3) is 3.56. The van der Waals surface area contributed by atoms with Crippen molar-refractivity contribution in [3.8, 4) is 17.4 Å². The summed E-state index contributed by atoms with van der Waals surface area (Å²) >= 11 is 0. The number of urea groups is 1. The number of amides is 2. The van der Waals surface area contributed by atoms with E-state index in [9.17, 15) is 4.79 Å². The van der Waals surface area contributed by atoms with Gasteiger partial charge in [0.2, 0.25) is 5.95 Å². The number of imidazole rings is 1. The van der Waals surface area contributed by atoms with Gasteiger partial charge in [-0.2, -0.15) is 0 Å². The molecule has 9 nitrogen and oxygen atoms in total. The zero-order valence-corrected chi connectivity index (χ0v) is 14.6. The van der Waals surface area contributed by atoms with E-state index in [4.69, 9.17) is 9.47 Å². The number of hydrogen-bond acceptors (Lipinski definition) is 6. The molecule has 3 rings (SSSR count). The van der Waals surface area contributed by atoms with Crippen LogP contribution in [0.25, 0.3) is 5.95 Å². The minimum absolute atomic E-state index is 0.437. The number of anilines is 2. The first-order chi connectivity index (χ1) is 12.6. The molecule has 1 aromatic carbocycles. The number of ether oxygens (including phenoxy) is 2. The molecule has 0 saturated carbocycles. The van der Waals surface area contributed by atoms with Gasteiger partial charge in [-0.1, -0.05) is 6.07 Å². The average molecular weight is 354 g/mol. The van der Waals surface area contributed by atoms with Gasteiger partial charge in [0.1, 0.15) is 5.82 Å². The Morgan fingerprint density at radius 2 is 1.85 bits per heavy atom. The van der Waals surface area contributed by atoms with Crippen molar-refractivity contribution in [3.63, 3.8) is 0 Å². The minimum Gasteiger partial charge on any atom is -0.493 e. The van der Waals surface area contributed by atoms with E-state index in [1.165, 1.54) is 26.6 Å². The van der Waals surface area contributed by atoms with Crippen molar-refractivity contribution in [2.75, 3.05) is 24.9 Å². The second kappa shape index (κ2) is 7.51. The molecule has 2 heterocycles. The number of para-hydroxylation sites is 1. The molecule has 2 N–H and O–H groups in total. The number of hydrogen-bond donors (Lipinski definition) is 2. The molecule has 0 saturated heterocycles. The number of carbonyl (C=O) groups is 1. The Morgan fingerprint density at radius 1 is 1.08 bits per heavy atom. The second-order valence-electron chi connectivity index (χ2n) is 5.24. The van der Waals surface area contributed by atoms with Crippen LogP contribution in [0.4, 0.5) is 16.2 Å². The first kappa shape index (κ1) is 17.2. The molecule has 0 aliphatic heterocycles. The van der Waals surface area contributed by atoms with E-state index >= 15 is 0 Å². The van der Waals surface area contributed by atoms with E-state index in [0.717, 1.165) is 5.82 Å². The lowest BCUT2D eigenvalue weighted by atomic mass is 10.2. The average Bonchev–Trinajstić information content (AvgIpc) is 3.08. The van der Waals surface area contributed by atoms with Crippen molar-refractivity contribution in [2.45, 2.75) is 6.92 Å². The van der Waals surface area contributed by atoms with Crippen molar-refractivity contribution < 1.29 is 14.3 Å². The molecule has 0 spiro atoms. The van der Waals surface area contributed by atoms with Crippen LogP contribution in [-0.4, -0.2) is 39.8 Å². The molecule has 0 aliphatic carbocycles. The van der Waals surface area contributed by atoms with Crippen LogP contribution in [0, 0.1) is 6.92 Å². The van der Waals surface area contributed by atoms with E-state index in [2.05, 4.69) is 25.6 Å². The normalized spacial score (nSPS) is 10.3. The van der Waals surface area contributed by atoms with Crippen LogP contribution in [0.3, 0.4) is 0 Å². The number of benzene rings is 1. The molecule has 26 heavy (non-hydrogen) atoms. The molecule has 0 atom stereocenters. The van der Waals surface area contributed by atoms with Crippen molar-refractivity contribution in [3.05, 3.63) is 48.8 Å². The fourth-order valence-electron chi connectivity index (χ4n) is 2.37. The number of rotatable bonds is 5. The molecular weight excluding hydrogens is 336 g/mol. The maximum atomic E-state index is 12.2. The largest absolute Gasteiger partial charge is 0.493 e. The van der Waals surface area contributed by atoms with Gasteiger partial charge >= 0.3 is 6.03 Å². The van der Waals surface area contributed by atoms with Gasteiger partial charge in [0.25, 0.3) is 0 Å². The molecule has 2 aromatic heterocycles. The monoisotopic (exact) mass is 354 g/mol. The summed E-state index contributed by atoms with van der Waals surface area (Å²) in [5.41, 5.74) is 0.932. The summed E-state index contributed by atoms with van der Waals surface area (Å²) in [6.45, 7) is 1.85. The van der Waals surface area contributed by atoms with E-state index in [0.29, 0.717) is 28.8 Å². The smallest absolute Gasteiger partial charge is 0.323 e. The molecule has 0 bridgehead atoms. The maximum Gasteiger partial charge on any atom is 0.323 e. The lowest BCUT2D eigenvalue weighted by Gasteiger charge is -2.13. The van der Waals surface area contributed by atoms with E-state index in [1.54, 1.807) is 35.2 Å². The van der Waals surface area contributed by atoms with E-state index < -0.39 is 6.03 Å². The van der Waals surface area contributed by atoms with Gasteiger partial charge in [-0.15, -0.1) is 0 Å². The van der Waals surface area contributed by atoms with Gasteiger partial charge < -0.3 is 20.1 Å². The standard InChI is InChI=1S/C17H18N6O3/c1-11-18-7-8-23(11)16-19-9-12(10-20-16)21-17(24)22-13-5-4-6-14(25-2)15(13)26-3/h4-10H,1-3H3,(H2,21,22,24). The highest BCUT2D eigenvalue weighted by Crippen LogP contribution is 2.34. The van der Waals surface area contributed by atoms with Crippen LogP contribution in [0.5, 0.6) is 11.5 Å². The summed E-state index contributed by atoms with van der Waals surface area (Å²) < 4.78 is 12.2. The highest BCUT2D eigenvalue weighted by molar-refractivity contribution is 6.00. The van der Waals surface area contributed by atoms with Crippen molar-refractivity contribution in [1.29, 1.82) is 0 Å². The quantitative estimate of drug-likeness (QED) is 0.730. The number of nitrogens with zero attached hydrogens (tertiary/aromatic N) is 4. The van der Waals surface area contributed by atoms with Gasteiger partial charge in [-0.05, 0) is 19.1 Å². The van der Waals surface area contributed by atoms with Crippen LogP contribution < -0.4 is 20.1 Å². The zero-order chi connectivity index (χ0) is 18.5. The summed E-state index contributed by atoms with van der Waals surface area (Å²) in [7, 11) is 3.04. The molecular formula is C17H18N6O3. The molecule has 0 unspecified atom stereocenters. The molecule has 9 heteroatoms. The lowest BCUT2D eigenvalue weighted by molar-refractivity contribution is 0.262. The summed E-state index contributed by atoms with van der Waals surface area (Å²) in [5, 5.41) is 5.38. The van der Waals surface area contributed by atoms with E-state index in [1.807, 2.05) is 6.92 Å². The first-order valence-corrected chi connectivity index (χ1v) is 7.73. The molecule has 0 fully saturated rings. The third-order valence-corrected chi connectivity index (χ3v) is 3.59. The Morgan fingerprint density at radius 3 is 2.46 bits per heavy atom. The summed E-state index contributed by atoms with van der Waals surface area (Å²) in [5.74, 6) is 2.20. The van der Waals surface area contributed by atoms with Crippen molar-refractivity contribution >= 4 is 17.4 Å². The molecule has 0 aliphatic rings. The Balaban J connectivity index is 1.70. The molecule has 0 radical (unpaired) electrons. The van der Waals surface area contributed by atoms with Gasteiger partial charge in [0.15, 0.2) is 11.5 Å². The fraction of sp³-hybridized carbons (Fsp3) is 0.176. The zero-order valence-electron chi connectivity index (χ0n) is 14.6. The summed E-state index contributed by atoms with van der Waals surface area (Å²) in [6, 6.07) is 4.75. The van der Waals surface area contributed by atoms with Gasteiger partial charge in [0.05, 0.1) is 38.0 Å². The molecule has 2 amide bonds. The van der Waals surface area contributed by atoms with Crippen molar-refractivity contribution in [2.24, 2.45) is 0 Å². The SMILES string of the molecule is COc1cccc(NC(=O)Nc2cnc(-n3ccnc3C)nc2)c1OC. The topological polar surface area (TPSA) is 103 Å². The first-order valence-electron chi connectivity index (χ1n) is 7.73. The van der Waals surface area contributed by atoms with Gasteiger partial charge in [-0.25, -0.2) is 19.7 Å². The number of nitrogens with one attached hydrogen (secondary N) is 2. The Hall–Kier alpha value is -3.62. The molecule has 134 valence electrons. The Bertz CT molecular complexity index is 907. The Kier molecular flexibility index (Phi) is 4.97. The van der Waals surface area contributed by atoms with Crippen LogP contribution in [-0.2, 0) is 0 Å². The summed E-state index contributed by atoms with van der Waals surface area (Å²) in [4.78, 5) is 24.8. The lowest BCUT2D eigenvalue weighted by Crippen LogP contribution is -2.20. The van der Waals surface area contributed by atoms with Crippen LogP contribution >= 0.6 is 0 Å². The number of carbonyl (C=O) groups excluding carboxylic acids is 1. The third-order valence-electron chi connectivity index (χ3n) is 3.59. The van der Waals surface area contributed by atoms with Crippen LogP contribution in [0.2, 0.25) is 0 Å². The van der Waals surface area contributed by atoms with Gasteiger partial charge in [0, 0.05) is 12.4 Å². The Labute approximate surface area is 150 Å². The van der Waals surface area contributed by atoms with Crippen LogP contribution in [0.1, 0.15) is 5.82 Å². The maximum absolute atomic E-state index is 12.2. The highest BCUT2D eigenvalue weighted by atomic mass is 16.5. The predicted molar refractivity (Wildman–Crippen MR) is 96.1 cm³/mol. The second-order valence-corrected chi connectivity index (χ2v) is 5.24. The number of methoxy groups -OCH3 is 2. The predicted octanol–water partition coefficient (Wildman–Crippen LogP) is 2.63. The van der Waals surface area contributed by atoms with Gasteiger partial charge in [-0.3, -0.25) is 4.57 Å². The van der Waals surface area contributed by atoms with Crippen LogP contribution in [0.15, 0.2) is 43.0 Å². The van der Waals surface area contributed by atoms with E-state index in [-0.39, 0.29) is 0 Å². The minimum atomic E-state index is -0.452. The number of aromatic nitrogens is 4. The highest BCUT2D eigenvalue weighted by Gasteiger charge is 2.12.